The van der Waals surface area contributed by atoms with Gasteiger partial charge in [-0.15, -0.1) is 13.2 Å². The van der Waals surface area contributed by atoms with Crippen molar-refractivity contribution in [3.8, 4) is 0 Å². The molecule has 0 radical (unpaired) electrons. The third-order valence-corrected chi connectivity index (χ3v) is 0.684. The molecule has 0 saturated heterocycles. The number of rotatable bonds is 2. The van der Waals surface area contributed by atoms with Crippen molar-refractivity contribution < 1.29 is 27.8 Å². The molecule has 0 aromatic heterocycles. The zero-order valence-corrected chi connectivity index (χ0v) is 5.40. The molecule has 0 aromatic rings. The van der Waals surface area contributed by atoms with Crippen molar-refractivity contribution in [1.29, 1.82) is 0 Å². The number of ether oxygens (including phenoxy) is 2. The zero-order chi connectivity index (χ0) is 8.41. The molecule has 6 heteroatoms. The normalized spacial score (nSPS) is 18.6. The zero-order valence-electron chi connectivity index (χ0n) is 5.40. The van der Waals surface area contributed by atoms with Crippen LogP contribution in [0.1, 0.15) is 6.92 Å². The molecule has 0 bridgehead atoms. The minimum Gasteiger partial charge on any atom is -0.343 e. The van der Waals surface area contributed by atoms with E-state index in [0.29, 0.717) is 0 Å². The first-order valence-electron chi connectivity index (χ1n) is 2.31. The molecule has 0 aliphatic heterocycles. The maximum atomic E-state index is 11.3. The topological polar surface area (TPSA) is 38.7 Å². The molecule has 0 heterocycles. The molecular weight excluding hydrogens is 153 g/mol. The molecule has 0 saturated carbocycles. The van der Waals surface area contributed by atoms with Gasteiger partial charge in [-0.2, -0.15) is 0 Å². The molecule has 62 valence electrons. The van der Waals surface area contributed by atoms with Crippen LogP contribution in [0.4, 0.5) is 13.2 Å². The molecule has 10 heavy (non-hydrogen) atoms. The predicted octanol–water partition coefficient (Wildman–Crippen LogP) is 0.835. The van der Waals surface area contributed by atoms with Crippen LogP contribution >= 0.6 is 0 Å². The van der Waals surface area contributed by atoms with E-state index in [1.807, 2.05) is 0 Å². The first-order chi connectivity index (χ1) is 4.27. The van der Waals surface area contributed by atoms with E-state index in [4.69, 9.17) is 5.11 Å². The second kappa shape index (κ2) is 2.73. The van der Waals surface area contributed by atoms with Crippen LogP contribution in [0, 0.1) is 0 Å². The minimum absolute atomic E-state index is 0.737. The Morgan fingerprint density at radius 2 is 1.70 bits per heavy atom. The van der Waals surface area contributed by atoms with Gasteiger partial charge in [0.05, 0.1) is 0 Å². The van der Waals surface area contributed by atoms with E-state index in [-0.39, 0.29) is 0 Å². The van der Waals surface area contributed by atoms with Crippen LogP contribution in [0.3, 0.4) is 0 Å². The highest BCUT2D eigenvalue weighted by Crippen LogP contribution is 2.23. The van der Waals surface area contributed by atoms with E-state index in [1.165, 1.54) is 0 Å². The summed E-state index contributed by atoms with van der Waals surface area (Å²) in [6, 6.07) is 0. The molecule has 3 nitrogen and oxygen atoms in total. The van der Waals surface area contributed by atoms with Gasteiger partial charge < -0.3 is 9.84 Å². The van der Waals surface area contributed by atoms with Crippen LogP contribution < -0.4 is 0 Å². The van der Waals surface area contributed by atoms with Gasteiger partial charge in [-0.1, -0.05) is 0 Å². The number of alkyl halides is 3. The molecular formula is C4H7F3O3. The fraction of sp³-hybridized carbons (Fsp3) is 1.00. The van der Waals surface area contributed by atoms with Crippen LogP contribution in [0.5, 0.6) is 0 Å². The second-order valence-corrected chi connectivity index (χ2v) is 1.65. The average molecular weight is 160 g/mol. The molecule has 1 N–H and O–H groups in total. The number of hydrogen-bond donors (Lipinski definition) is 1. The Kier molecular flexibility index (Phi) is 2.64. The Labute approximate surface area is 55.4 Å². The Balaban J connectivity index is 3.89. The Hall–Kier alpha value is -0.330. The lowest BCUT2D eigenvalue weighted by molar-refractivity contribution is -0.465. The lowest BCUT2D eigenvalue weighted by Gasteiger charge is -2.21. The third kappa shape index (κ3) is 4.54. The van der Waals surface area contributed by atoms with Crippen molar-refractivity contribution in [2.45, 2.75) is 19.3 Å². The van der Waals surface area contributed by atoms with Gasteiger partial charge >= 0.3 is 6.36 Å². The Morgan fingerprint density at radius 3 is 1.80 bits per heavy atom. The quantitative estimate of drug-likeness (QED) is 0.608. The molecule has 0 rings (SSSR count). The summed E-state index contributed by atoms with van der Waals surface area (Å²) in [6.07, 6.45) is -4.89. The third-order valence-electron chi connectivity index (χ3n) is 0.684. The van der Waals surface area contributed by atoms with Gasteiger partial charge in [-0.3, -0.25) is 0 Å². The van der Waals surface area contributed by atoms with E-state index in [2.05, 4.69) is 9.47 Å². The molecule has 0 spiro atoms. The molecule has 0 amide bonds. The standard InChI is InChI=1S/C4H7F3O3/c1-3(8,9-2)10-4(5,6)7/h8H,1-2H3. The van der Waals surface area contributed by atoms with Gasteiger partial charge in [-0.05, 0) is 0 Å². The average Bonchev–Trinajstić information content (AvgIpc) is 1.60. The second-order valence-electron chi connectivity index (χ2n) is 1.65. The number of methoxy groups -OCH3 is 1. The van der Waals surface area contributed by atoms with E-state index in [1.54, 1.807) is 0 Å². The van der Waals surface area contributed by atoms with Crippen molar-refractivity contribution in [2.24, 2.45) is 0 Å². The largest absolute Gasteiger partial charge is 0.526 e. The molecule has 0 aliphatic carbocycles. The van der Waals surface area contributed by atoms with Crippen molar-refractivity contribution in [3.05, 3.63) is 0 Å². The summed E-state index contributed by atoms with van der Waals surface area (Å²) in [6.45, 7) is 0.737. The molecule has 0 aromatic carbocycles. The number of halogens is 3. The van der Waals surface area contributed by atoms with Crippen LogP contribution in [0.2, 0.25) is 0 Å². The van der Waals surface area contributed by atoms with E-state index in [0.717, 1.165) is 14.0 Å². The smallest absolute Gasteiger partial charge is 0.343 e. The highest BCUT2D eigenvalue weighted by molar-refractivity contribution is 4.41. The summed E-state index contributed by atoms with van der Waals surface area (Å²) in [5.41, 5.74) is 0. The molecule has 0 aliphatic rings. The molecule has 1 unspecified atom stereocenters. The Morgan fingerprint density at radius 1 is 1.30 bits per heavy atom. The van der Waals surface area contributed by atoms with E-state index < -0.39 is 12.3 Å². The van der Waals surface area contributed by atoms with Crippen LogP contribution in [-0.2, 0) is 9.47 Å². The monoisotopic (exact) mass is 160 g/mol. The maximum absolute atomic E-state index is 11.3. The fourth-order valence-electron chi connectivity index (χ4n) is 0.256. The molecule has 0 fully saturated rings. The minimum atomic E-state index is -4.89. The summed E-state index contributed by atoms with van der Waals surface area (Å²) in [7, 11) is 0.895. The van der Waals surface area contributed by atoms with Gasteiger partial charge in [0, 0.05) is 14.0 Å². The lowest BCUT2D eigenvalue weighted by Crippen LogP contribution is -2.36. The first kappa shape index (κ1) is 9.67. The highest BCUT2D eigenvalue weighted by atomic mass is 19.4. The van der Waals surface area contributed by atoms with Gasteiger partial charge in [0.15, 0.2) is 0 Å². The van der Waals surface area contributed by atoms with Crippen molar-refractivity contribution in [2.75, 3.05) is 7.11 Å². The molecule has 1 atom stereocenters. The van der Waals surface area contributed by atoms with Crippen LogP contribution in [0.25, 0.3) is 0 Å². The highest BCUT2D eigenvalue weighted by Gasteiger charge is 2.39. The van der Waals surface area contributed by atoms with Crippen molar-refractivity contribution >= 4 is 0 Å². The summed E-state index contributed by atoms with van der Waals surface area (Å²) < 4.78 is 40.9. The lowest BCUT2D eigenvalue weighted by atomic mass is 10.6. The fourth-order valence-corrected chi connectivity index (χ4v) is 0.256. The summed E-state index contributed by atoms with van der Waals surface area (Å²) in [5, 5.41) is 8.49. The van der Waals surface area contributed by atoms with Crippen molar-refractivity contribution in [1.82, 2.24) is 0 Å². The van der Waals surface area contributed by atoms with E-state index in [9.17, 15) is 13.2 Å². The van der Waals surface area contributed by atoms with Crippen LogP contribution in [-0.4, -0.2) is 24.6 Å². The summed E-state index contributed by atoms with van der Waals surface area (Å²) in [4.78, 5) is 0. The number of aliphatic hydroxyl groups is 1. The van der Waals surface area contributed by atoms with Crippen molar-refractivity contribution in [3.63, 3.8) is 0 Å². The van der Waals surface area contributed by atoms with Gasteiger partial charge in [-0.25, -0.2) is 4.74 Å². The van der Waals surface area contributed by atoms with Crippen LogP contribution in [0.15, 0.2) is 0 Å². The summed E-state index contributed by atoms with van der Waals surface area (Å²) in [5.74, 6) is -2.60. The first-order valence-corrected chi connectivity index (χ1v) is 2.31. The maximum Gasteiger partial charge on any atom is 0.526 e. The number of hydrogen-bond acceptors (Lipinski definition) is 3. The van der Waals surface area contributed by atoms with E-state index >= 15 is 0 Å². The van der Waals surface area contributed by atoms with Gasteiger partial charge in [0.2, 0.25) is 0 Å². The SMILES string of the molecule is COC(C)(O)OC(F)(F)F. The Bertz CT molecular complexity index is 109. The van der Waals surface area contributed by atoms with Gasteiger partial charge in [0.1, 0.15) is 0 Å². The summed E-state index contributed by atoms with van der Waals surface area (Å²) >= 11 is 0. The van der Waals surface area contributed by atoms with Gasteiger partial charge in [0.25, 0.3) is 5.97 Å². The predicted molar refractivity (Wildman–Crippen MR) is 24.8 cm³/mol.